The Morgan fingerprint density at radius 1 is 1.17 bits per heavy atom. The predicted octanol–water partition coefficient (Wildman–Crippen LogP) is -0.0537. The summed E-state index contributed by atoms with van der Waals surface area (Å²) in [5, 5.41) is 38.5. The summed E-state index contributed by atoms with van der Waals surface area (Å²) in [5.41, 5.74) is 1.04. The molecule has 0 aliphatic rings. The maximum absolute atomic E-state index is 12.2. The third-order valence-electron chi connectivity index (χ3n) is 3.07. The van der Waals surface area contributed by atoms with Crippen molar-refractivity contribution < 1.29 is 24.9 Å². The normalized spacial score (nSPS) is 10.8. The van der Waals surface area contributed by atoms with Crippen LogP contribution in [0.5, 0.6) is 0 Å². The van der Waals surface area contributed by atoms with Crippen molar-refractivity contribution in [3.8, 4) is 6.07 Å². The maximum Gasteiger partial charge on any atom is 0.307 e. The van der Waals surface area contributed by atoms with Crippen LogP contribution in [0.3, 0.4) is 0 Å². The highest BCUT2D eigenvalue weighted by molar-refractivity contribution is 5.97. The Hall–Kier alpha value is -2.89. The van der Waals surface area contributed by atoms with Crippen LogP contribution in [-0.4, -0.2) is 58.4 Å². The van der Waals surface area contributed by atoms with Crippen molar-refractivity contribution in [2.45, 2.75) is 6.42 Å². The average Bonchev–Trinajstić information content (AvgIpc) is 2.56. The predicted molar refractivity (Wildman–Crippen MR) is 85.9 cm³/mol. The van der Waals surface area contributed by atoms with Crippen LogP contribution in [-0.2, 0) is 16.0 Å². The summed E-state index contributed by atoms with van der Waals surface area (Å²) < 4.78 is 0. The smallest absolute Gasteiger partial charge is 0.307 e. The number of carbonyl (C=O) groups is 2. The van der Waals surface area contributed by atoms with Crippen LogP contribution in [0, 0.1) is 11.3 Å². The second-order valence-electron chi connectivity index (χ2n) is 4.82. The number of carbonyl (C=O) groups excluding carboxylic acids is 1. The zero-order valence-corrected chi connectivity index (χ0v) is 13.0. The van der Waals surface area contributed by atoms with Gasteiger partial charge in [-0.1, -0.05) is 12.1 Å². The number of anilines is 1. The molecule has 0 saturated heterocycles. The SMILES string of the molecule is N#C/C(=C/Nc1ccc(CC(=O)O)cc1)C(=O)N(CCO)CCO. The Bertz CT molecular complexity index is 628. The number of hydrogen-bond acceptors (Lipinski definition) is 6. The highest BCUT2D eigenvalue weighted by Crippen LogP contribution is 2.11. The summed E-state index contributed by atoms with van der Waals surface area (Å²) in [6.07, 6.45) is 1.14. The van der Waals surface area contributed by atoms with Gasteiger partial charge in [0, 0.05) is 25.0 Å². The van der Waals surface area contributed by atoms with Gasteiger partial charge in [-0.2, -0.15) is 5.26 Å². The fourth-order valence-corrected chi connectivity index (χ4v) is 1.92. The van der Waals surface area contributed by atoms with Crippen molar-refractivity contribution >= 4 is 17.6 Å². The summed E-state index contributed by atoms with van der Waals surface area (Å²) in [6.45, 7) is -0.517. The third-order valence-corrected chi connectivity index (χ3v) is 3.07. The largest absolute Gasteiger partial charge is 0.481 e. The molecule has 0 saturated carbocycles. The van der Waals surface area contributed by atoms with Gasteiger partial charge in [-0.25, -0.2) is 0 Å². The molecule has 0 heterocycles. The van der Waals surface area contributed by atoms with Crippen molar-refractivity contribution in [2.24, 2.45) is 0 Å². The number of benzene rings is 1. The molecule has 0 atom stereocenters. The summed E-state index contributed by atoms with van der Waals surface area (Å²) in [7, 11) is 0. The molecule has 0 spiro atoms. The number of carboxylic acids is 1. The quantitative estimate of drug-likeness (QED) is 0.367. The number of aliphatic carboxylic acids is 1. The molecule has 0 unspecified atom stereocenters. The van der Waals surface area contributed by atoms with Crippen LogP contribution in [0.15, 0.2) is 36.0 Å². The van der Waals surface area contributed by atoms with Gasteiger partial charge in [0.25, 0.3) is 5.91 Å². The van der Waals surface area contributed by atoms with Crippen LogP contribution in [0.4, 0.5) is 5.69 Å². The van der Waals surface area contributed by atoms with Crippen LogP contribution < -0.4 is 5.32 Å². The highest BCUT2D eigenvalue weighted by atomic mass is 16.4. The number of aliphatic hydroxyl groups excluding tert-OH is 2. The minimum absolute atomic E-state index is 0.0162. The Kier molecular flexibility index (Phi) is 7.98. The number of rotatable bonds is 9. The lowest BCUT2D eigenvalue weighted by molar-refractivity contribution is -0.136. The molecule has 1 amide bonds. The Morgan fingerprint density at radius 3 is 2.21 bits per heavy atom. The number of nitrogens with one attached hydrogen (secondary N) is 1. The second-order valence-corrected chi connectivity index (χ2v) is 4.82. The van der Waals surface area contributed by atoms with E-state index in [4.69, 9.17) is 20.6 Å². The molecule has 8 heteroatoms. The molecule has 0 aliphatic carbocycles. The van der Waals surface area contributed by atoms with Crippen molar-refractivity contribution in [1.82, 2.24) is 4.90 Å². The van der Waals surface area contributed by atoms with Gasteiger partial charge in [0.2, 0.25) is 0 Å². The van der Waals surface area contributed by atoms with Crippen molar-refractivity contribution in [2.75, 3.05) is 31.6 Å². The Balaban J connectivity index is 2.79. The second kappa shape index (κ2) is 9.99. The molecular formula is C16H19N3O5. The zero-order chi connectivity index (χ0) is 17.9. The maximum atomic E-state index is 12.2. The first kappa shape index (κ1) is 19.2. The molecular weight excluding hydrogens is 314 g/mol. The lowest BCUT2D eigenvalue weighted by Crippen LogP contribution is -2.36. The van der Waals surface area contributed by atoms with Gasteiger partial charge in [-0.15, -0.1) is 0 Å². The average molecular weight is 333 g/mol. The minimum atomic E-state index is -0.930. The lowest BCUT2D eigenvalue weighted by Gasteiger charge is -2.20. The van der Waals surface area contributed by atoms with Gasteiger partial charge in [0.15, 0.2) is 0 Å². The van der Waals surface area contributed by atoms with E-state index in [-0.39, 0.29) is 38.3 Å². The van der Waals surface area contributed by atoms with Gasteiger partial charge >= 0.3 is 5.97 Å². The van der Waals surface area contributed by atoms with Gasteiger partial charge in [-0.05, 0) is 17.7 Å². The van der Waals surface area contributed by atoms with Gasteiger partial charge in [0.05, 0.1) is 19.6 Å². The molecule has 0 radical (unpaired) electrons. The molecule has 0 aromatic heterocycles. The molecule has 0 bridgehead atoms. The van der Waals surface area contributed by atoms with E-state index < -0.39 is 11.9 Å². The van der Waals surface area contributed by atoms with Gasteiger partial charge in [0.1, 0.15) is 11.6 Å². The van der Waals surface area contributed by atoms with Crippen LogP contribution >= 0.6 is 0 Å². The number of hydrogen-bond donors (Lipinski definition) is 4. The van der Waals surface area contributed by atoms with E-state index in [1.165, 1.54) is 11.1 Å². The van der Waals surface area contributed by atoms with Crippen LogP contribution in [0.2, 0.25) is 0 Å². The Labute approximate surface area is 139 Å². The molecule has 4 N–H and O–H groups in total. The minimum Gasteiger partial charge on any atom is -0.481 e. The van der Waals surface area contributed by atoms with E-state index in [0.29, 0.717) is 11.3 Å². The number of carboxylic acid groups (broad SMARTS) is 1. The first-order chi connectivity index (χ1) is 11.5. The van der Waals surface area contributed by atoms with Gasteiger partial charge in [-0.3, -0.25) is 9.59 Å². The van der Waals surface area contributed by atoms with Crippen molar-refractivity contribution in [1.29, 1.82) is 5.26 Å². The molecule has 1 aromatic carbocycles. The van der Waals surface area contributed by atoms with E-state index in [2.05, 4.69) is 5.32 Å². The fraction of sp³-hybridized carbons (Fsp3) is 0.312. The van der Waals surface area contributed by atoms with E-state index in [1.54, 1.807) is 30.3 Å². The van der Waals surface area contributed by atoms with Crippen molar-refractivity contribution in [3.05, 3.63) is 41.6 Å². The van der Waals surface area contributed by atoms with Crippen LogP contribution in [0.1, 0.15) is 5.56 Å². The first-order valence-electron chi connectivity index (χ1n) is 7.20. The van der Waals surface area contributed by atoms with Crippen LogP contribution in [0.25, 0.3) is 0 Å². The fourth-order valence-electron chi connectivity index (χ4n) is 1.92. The Morgan fingerprint density at radius 2 is 1.75 bits per heavy atom. The third kappa shape index (κ3) is 6.08. The number of amides is 1. The van der Waals surface area contributed by atoms with E-state index in [1.807, 2.05) is 0 Å². The standard InChI is InChI=1S/C16H19N3O5/c17-10-13(16(24)19(5-7-20)6-8-21)11-18-14-3-1-12(2-4-14)9-15(22)23/h1-4,11,18,20-21H,5-9H2,(H,22,23)/b13-11-. The van der Waals surface area contributed by atoms with E-state index >= 15 is 0 Å². The van der Waals surface area contributed by atoms with Crippen molar-refractivity contribution in [3.63, 3.8) is 0 Å². The molecule has 8 nitrogen and oxygen atoms in total. The highest BCUT2D eigenvalue weighted by Gasteiger charge is 2.17. The zero-order valence-electron chi connectivity index (χ0n) is 13.0. The number of aliphatic hydroxyl groups is 2. The molecule has 24 heavy (non-hydrogen) atoms. The monoisotopic (exact) mass is 333 g/mol. The summed E-state index contributed by atoms with van der Waals surface area (Å²) in [4.78, 5) is 23.9. The van der Waals surface area contributed by atoms with Gasteiger partial charge < -0.3 is 25.5 Å². The molecule has 1 rings (SSSR count). The molecule has 0 aliphatic heterocycles. The summed E-state index contributed by atoms with van der Waals surface area (Å²) >= 11 is 0. The van der Waals surface area contributed by atoms with E-state index in [9.17, 15) is 9.59 Å². The topological polar surface area (TPSA) is 134 Å². The lowest BCUT2D eigenvalue weighted by atomic mass is 10.1. The summed E-state index contributed by atoms with van der Waals surface area (Å²) in [5.74, 6) is -1.53. The first-order valence-corrected chi connectivity index (χ1v) is 7.20. The summed E-state index contributed by atoms with van der Waals surface area (Å²) in [6, 6.07) is 8.29. The van der Waals surface area contributed by atoms with E-state index in [0.717, 1.165) is 0 Å². The number of nitriles is 1. The number of nitrogens with zero attached hydrogens (tertiary/aromatic N) is 2. The molecule has 128 valence electrons. The molecule has 1 aromatic rings. The molecule has 0 fully saturated rings.